The molecule has 0 bridgehead atoms. The zero-order valence-electron chi connectivity index (χ0n) is 11.2. The summed E-state index contributed by atoms with van der Waals surface area (Å²) in [4.78, 5) is 0. The Balaban J connectivity index is 1.97. The van der Waals surface area contributed by atoms with E-state index in [4.69, 9.17) is 0 Å². The van der Waals surface area contributed by atoms with Crippen molar-refractivity contribution in [3.8, 4) is 0 Å². The van der Waals surface area contributed by atoms with E-state index in [0.717, 1.165) is 11.8 Å². The fourth-order valence-corrected chi connectivity index (χ4v) is 3.29. The van der Waals surface area contributed by atoms with Crippen LogP contribution in [0.25, 0.3) is 0 Å². The van der Waals surface area contributed by atoms with E-state index in [9.17, 15) is 0 Å². The molecule has 0 N–H and O–H groups in total. The van der Waals surface area contributed by atoms with Gasteiger partial charge in [0.2, 0.25) is 0 Å². The van der Waals surface area contributed by atoms with Crippen LogP contribution in [0.3, 0.4) is 0 Å². The van der Waals surface area contributed by atoms with Crippen LogP contribution in [0.4, 0.5) is 0 Å². The summed E-state index contributed by atoms with van der Waals surface area (Å²) >= 11 is 3.51. The highest BCUT2D eigenvalue weighted by atomic mass is 79.9. The van der Waals surface area contributed by atoms with Crippen molar-refractivity contribution in [1.82, 2.24) is 0 Å². The Morgan fingerprint density at radius 2 is 1.47 bits per heavy atom. The Bertz CT molecular complexity index is 350. The molecule has 1 heteroatoms. The summed E-state index contributed by atoms with van der Waals surface area (Å²) in [5.41, 5.74) is 2.02. The lowest BCUT2D eigenvalue weighted by molar-refractivity contribution is 0.169. The van der Waals surface area contributed by atoms with Gasteiger partial charge in [0.15, 0.2) is 0 Å². The quantitative estimate of drug-likeness (QED) is 0.617. The van der Waals surface area contributed by atoms with Crippen molar-refractivity contribution < 1.29 is 0 Å². The summed E-state index contributed by atoms with van der Waals surface area (Å²) < 4.78 is 1.18. The molecular weight excluding hydrogens is 272 g/mol. The first-order chi connectivity index (χ1) is 7.97. The first-order valence-corrected chi connectivity index (χ1v) is 7.51. The molecule has 1 saturated carbocycles. The third-order valence-electron chi connectivity index (χ3n) is 4.29. The predicted octanol–water partition coefficient (Wildman–Crippen LogP) is 5.77. The Morgan fingerprint density at radius 3 is 1.94 bits per heavy atom. The maximum absolute atomic E-state index is 3.51. The smallest absolute Gasteiger partial charge is 0.0175 e. The van der Waals surface area contributed by atoms with Gasteiger partial charge in [-0.2, -0.15) is 0 Å². The first kappa shape index (κ1) is 13.1. The van der Waals surface area contributed by atoms with E-state index in [1.807, 2.05) is 0 Å². The van der Waals surface area contributed by atoms with E-state index < -0.39 is 0 Å². The van der Waals surface area contributed by atoms with Crippen LogP contribution in [-0.4, -0.2) is 0 Å². The second-order valence-corrected chi connectivity index (χ2v) is 7.38. The summed E-state index contributed by atoms with van der Waals surface area (Å²) in [6.07, 6.45) is 5.52. The third kappa shape index (κ3) is 3.34. The highest BCUT2D eigenvalue weighted by Crippen LogP contribution is 2.43. The lowest BCUT2D eigenvalue weighted by Crippen LogP contribution is -2.25. The molecule has 0 aliphatic heterocycles. The maximum atomic E-state index is 3.51. The molecule has 1 aromatic rings. The normalized spacial score (nSPS) is 25.9. The van der Waals surface area contributed by atoms with Crippen molar-refractivity contribution in [2.75, 3.05) is 0 Å². The van der Waals surface area contributed by atoms with Gasteiger partial charge in [0.25, 0.3) is 0 Å². The van der Waals surface area contributed by atoms with Crippen molar-refractivity contribution >= 4 is 15.9 Å². The SMILES string of the molecule is CC(C)(C)C1CCC(c2ccc(Br)cc2)CC1. The minimum atomic E-state index is 0.491. The summed E-state index contributed by atoms with van der Waals surface area (Å²) in [5, 5.41) is 0. The van der Waals surface area contributed by atoms with Crippen molar-refractivity contribution in [1.29, 1.82) is 0 Å². The van der Waals surface area contributed by atoms with Crippen molar-refractivity contribution in [2.45, 2.75) is 52.4 Å². The molecule has 0 unspecified atom stereocenters. The van der Waals surface area contributed by atoms with Crippen LogP contribution in [0, 0.1) is 11.3 Å². The molecule has 0 heterocycles. The van der Waals surface area contributed by atoms with Gasteiger partial charge in [-0.1, -0.05) is 48.8 Å². The molecule has 1 aliphatic rings. The van der Waals surface area contributed by atoms with Gasteiger partial charge in [-0.3, -0.25) is 0 Å². The van der Waals surface area contributed by atoms with E-state index in [-0.39, 0.29) is 0 Å². The highest BCUT2D eigenvalue weighted by Gasteiger charge is 2.29. The summed E-state index contributed by atoms with van der Waals surface area (Å²) in [7, 11) is 0. The average Bonchev–Trinajstić information content (AvgIpc) is 2.29. The monoisotopic (exact) mass is 294 g/mol. The lowest BCUT2D eigenvalue weighted by atomic mass is 9.69. The molecule has 0 nitrogen and oxygen atoms in total. The standard InChI is InChI=1S/C16H23Br/c1-16(2,3)14-8-4-12(5-9-14)13-6-10-15(17)11-7-13/h6-7,10-12,14H,4-5,8-9H2,1-3H3. The van der Waals surface area contributed by atoms with Crippen LogP contribution in [0.5, 0.6) is 0 Å². The van der Waals surface area contributed by atoms with Crippen molar-refractivity contribution in [2.24, 2.45) is 11.3 Å². The third-order valence-corrected chi connectivity index (χ3v) is 4.82. The fourth-order valence-electron chi connectivity index (χ4n) is 3.03. The summed E-state index contributed by atoms with van der Waals surface area (Å²) in [6, 6.07) is 8.91. The molecule has 0 aromatic heterocycles. The number of rotatable bonds is 1. The Morgan fingerprint density at radius 1 is 0.941 bits per heavy atom. The zero-order valence-corrected chi connectivity index (χ0v) is 12.8. The summed E-state index contributed by atoms with van der Waals surface area (Å²) in [6.45, 7) is 7.16. The van der Waals surface area contributed by atoms with Gasteiger partial charge in [0.1, 0.15) is 0 Å². The Kier molecular flexibility index (Phi) is 3.97. The molecule has 94 valence electrons. The van der Waals surface area contributed by atoms with Gasteiger partial charge < -0.3 is 0 Å². The second kappa shape index (κ2) is 5.14. The number of benzene rings is 1. The highest BCUT2D eigenvalue weighted by molar-refractivity contribution is 9.10. The molecule has 0 amide bonds. The minimum absolute atomic E-state index is 0.491. The molecule has 17 heavy (non-hydrogen) atoms. The molecule has 0 atom stereocenters. The molecule has 1 aromatic carbocycles. The number of hydrogen-bond donors (Lipinski definition) is 0. The van der Waals surface area contributed by atoms with Crippen molar-refractivity contribution in [3.05, 3.63) is 34.3 Å². The van der Waals surface area contributed by atoms with E-state index in [2.05, 4.69) is 61.0 Å². The second-order valence-electron chi connectivity index (χ2n) is 6.47. The lowest BCUT2D eigenvalue weighted by Gasteiger charge is -2.37. The number of halogens is 1. The van der Waals surface area contributed by atoms with Crippen LogP contribution >= 0.6 is 15.9 Å². The average molecular weight is 295 g/mol. The van der Waals surface area contributed by atoms with Gasteiger partial charge in [0.05, 0.1) is 0 Å². The van der Waals surface area contributed by atoms with Crippen LogP contribution in [0.15, 0.2) is 28.7 Å². The number of hydrogen-bond acceptors (Lipinski definition) is 0. The summed E-state index contributed by atoms with van der Waals surface area (Å²) in [5.74, 6) is 1.70. The molecule has 1 aliphatic carbocycles. The van der Waals surface area contributed by atoms with Gasteiger partial charge in [-0.25, -0.2) is 0 Å². The van der Waals surface area contributed by atoms with Crippen LogP contribution in [-0.2, 0) is 0 Å². The zero-order chi connectivity index (χ0) is 12.5. The predicted molar refractivity (Wildman–Crippen MR) is 78.3 cm³/mol. The topological polar surface area (TPSA) is 0 Å². The van der Waals surface area contributed by atoms with Crippen molar-refractivity contribution in [3.63, 3.8) is 0 Å². The van der Waals surface area contributed by atoms with Gasteiger partial charge >= 0.3 is 0 Å². The van der Waals surface area contributed by atoms with Gasteiger partial charge in [-0.15, -0.1) is 0 Å². The Hall–Kier alpha value is -0.300. The minimum Gasteiger partial charge on any atom is -0.0599 e. The molecule has 2 rings (SSSR count). The first-order valence-electron chi connectivity index (χ1n) is 6.72. The molecule has 1 fully saturated rings. The largest absolute Gasteiger partial charge is 0.0599 e. The molecule has 0 spiro atoms. The molecule has 0 radical (unpaired) electrons. The van der Waals surface area contributed by atoms with E-state index in [1.54, 1.807) is 0 Å². The maximum Gasteiger partial charge on any atom is 0.0175 e. The Labute approximate surface area is 114 Å². The molecule has 0 saturated heterocycles. The molecular formula is C16H23Br. The van der Waals surface area contributed by atoms with Gasteiger partial charge in [0, 0.05) is 4.47 Å². The van der Waals surface area contributed by atoms with Crippen LogP contribution in [0.2, 0.25) is 0 Å². The van der Waals surface area contributed by atoms with E-state index in [0.29, 0.717) is 5.41 Å². The fraction of sp³-hybridized carbons (Fsp3) is 0.625. The van der Waals surface area contributed by atoms with E-state index >= 15 is 0 Å². The van der Waals surface area contributed by atoms with Crippen LogP contribution < -0.4 is 0 Å². The van der Waals surface area contributed by atoms with Crippen LogP contribution in [0.1, 0.15) is 57.9 Å². The van der Waals surface area contributed by atoms with Gasteiger partial charge in [-0.05, 0) is 60.6 Å². The van der Waals surface area contributed by atoms with E-state index in [1.165, 1.54) is 35.7 Å².